The lowest BCUT2D eigenvalue weighted by atomic mass is 10.1. The molecular formula is C15H22ClN3O2. The molecule has 0 bridgehead atoms. The number of rotatable bonds is 6. The van der Waals surface area contributed by atoms with Gasteiger partial charge in [-0.25, -0.2) is 0 Å². The predicted octanol–water partition coefficient (Wildman–Crippen LogP) is 2.10. The van der Waals surface area contributed by atoms with Crippen molar-refractivity contribution in [1.82, 2.24) is 4.90 Å². The molecule has 6 heteroatoms. The monoisotopic (exact) mass is 311 g/mol. The van der Waals surface area contributed by atoms with Crippen LogP contribution in [0.2, 0.25) is 5.02 Å². The number of carbonyl (C=O) groups excluding carboxylic acids is 1. The molecule has 0 fully saturated rings. The third-order valence-electron chi connectivity index (χ3n) is 3.57. The number of anilines is 2. The van der Waals surface area contributed by atoms with E-state index in [2.05, 4.69) is 22.0 Å². The molecule has 21 heavy (non-hydrogen) atoms. The zero-order valence-corrected chi connectivity index (χ0v) is 13.4. The Hall–Kier alpha value is -1.30. The number of nitrogens with zero attached hydrogens (tertiary/aromatic N) is 2. The minimum Gasteiger partial charge on any atom is -0.378 e. The van der Waals surface area contributed by atoms with E-state index in [0.29, 0.717) is 16.3 Å². The van der Waals surface area contributed by atoms with Crippen LogP contribution < -0.4 is 10.2 Å². The fourth-order valence-electron chi connectivity index (χ4n) is 2.44. The van der Waals surface area contributed by atoms with Crippen molar-refractivity contribution < 1.29 is 9.90 Å². The lowest BCUT2D eigenvalue weighted by molar-refractivity contribution is -0.123. The quantitative estimate of drug-likeness (QED) is 0.845. The number of hydrogen-bond donors (Lipinski definition) is 2. The van der Waals surface area contributed by atoms with Gasteiger partial charge >= 0.3 is 0 Å². The number of nitrogens with one attached hydrogen (secondary N) is 1. The van der Waals surface area contributed by atoms with Gasteiger partial charge in [-0.1, -0.05) is 18.5 Å². The first-order chi connectivity index (χ1) is 9.93. The van der Waals surface area contributed by atoms with Crippen LogP contribution >= 0.6 is 11.6 Å². The number of fused-ring (bicyclic) bond motifs is 1. The highest BCUT2D eigenvalue weighted by molar-refractivity contribution is 6.33. The Balaban J connectivity index is 2.29. The molecule has 0 radical (unpaired) electrons. The first-order valence-corrected chi connectivity index (χ1v) is 7.54. The Morgan fingerprint density at radius 3 is 2.62 bits per heavy atom. The SMILES string of the molecule is CCCN(CCN(C)C)c1cc2c(cc1Cl)C(O)C(=O)N2. The van der Waals surface area contributed by atoms with E-state index in [-0.39, 0.29) is 0 Å². The summed E-state index contributed by atoms with van der Waals surface area (Å²) in [6.07, 6.45) is -0.108. The molecule has 1 amide bonds. The topological polar surface area (TPSA) is 55.8 Å². The first kappa shape index (κ1) is 16.1. The third kappa shape index (κ3) is 3.48. The fraction of sp³-hybridized carbons (Fsp3) is 0.533. The summed E-state index contributed by atoms with van der Waals surface area (Å²) in [6, 6.07) is 3.55. The van der Waals surface area contributed by atoms with Gasteiger partial charge in [0.1, 0.15) is 0 Å². The molecule has 1 aliphatic heterocycles. The second-order valence-corrected chi connectivity index (χ2v) is 5.98. The maximum absolute atomic E-state index is 11.5. The molecule has 116 valence electrons. The Labute approximate surface area is 130 Å². The van der Waals surface area contributed by atoms with Gasteiger partial charge in [0.05, 0.1) is 10.7 Å². The summed E-state index contributed by atoms with van der Waals surface area (Å²) in [7, 11) is 4.07. The van der Waals surface area contributed by atoms with Crippen molar-refractivity contribution in [3.63, 3.8) is 0 Å². The molecule has 1 aromatic rings. The average Bonchev–Trinajstić information content (AvgIpc) is 2.69. The molecule has 0 spiro atoms. The Kier molecular flexibility index (Phi) is 5.08. The van der Waals surface area contributed by atoms with E-state index in [9.17, 15) is 9.90 Å². The maximum Gasteiger partial charge on any atom is 0.257 e. The predicted molar refractivity (Wildman–Crippen MR) is 86.1 cm³/mol. The lowest BCUT2D eigenvalue weighted by Gasteiger charge is -2.27. The van der Waals surface area contributed by atoms with Crippen LogP contribution in [-0.2, 0) is 4.79 Å². The van der Waals surface area contributed by atoms with Gasteiger partial charge in [-0.3, -0.25) is 4.79 Å². The third-order valence-corrected chi connectivity index (χ3v) is 3.87. The molecule has 0 aliphatic carbocycles. The fourth-order valence-corrected chi connectivity index (χ4v) is 2.73. The van der Waals surface area contributed by atoms with Gasteiger partial charge in [0.2, 0.25) is 0 Å². The number of aliphatic hydroxyl groups is 1. The van der Waals surface area contributed by atoms with Crippen molar-refractivity contribution in [2.75, 3.05) is 43.9 Å². The van der Waals surface area contributed by atoms with Gasteiger partial charge < -0.3 is 20.2 Å². The number of aliphatic hydroxyl groups excluding tert-OH is 1. The highest BCUT2D eigenvalue weighted by Gasteiger charge is 2.30. The van der Waals surface area contributed by atoms with Crippen LogP contribution in [0.15, 0.2) is 12.1 Å². The minimum absolute atomic E-state index is 0.395. The van der Waals surface area contributed by atoms with E-state index in [1.807, 2.05) is 20.2 Å². The Bertz CT molecular complexity index is 534. The van der Waals surface area contributed by atoms with E-state index in [0.717, 1.165) is 31.7 Å². The summed E-state index contributed by atoms with van der Waals surface area (Å²) in [5.41, 5.74) is 2.10. The number of carbonyl (C=O) groups is 1. The van der Waals surface area contributed by atoms with Crippen molar-refractivity contribution in [1.29, 1.82) is 0 Å². The van der Waals surface area contributed by atoms with E-state index in [1.165, 1.54) is 0 Å². The molecule has 0 saturated carbocycles. The number of halogens is 1. The smallest absolute Gasteiger partial charge is 0.257 e. The van der Waals surface area contributed by atoms with Crippen LogP contribution in [0.1, 0.15) is 25.0 Å². The summed E-state index contributed by atoms with van der Waals surface area (Å²) >= 11 is 6.36. The summed E-state index contributed by atoms with van der Waals surface area (Å²) in [5.74, 6) is -0.395. The van der Waals surface area contributed by atoms with Crippen molar-refractivity contribution >= 4 is 28.9 Å². The summed E-state index contributed by atoms with van der Waals surface area (Å²) < 4.78 is 0. The van der Waals surface area contributed by atoms with E-state index >= 15 is 0 Å². The van der Waals surface area contributed by atoms with Gasteiger partial charge in [0.15, 0.2) is 6.10 Å². The Morgan fingerprint density at radius 1 is 1.29 bits per heavy atom. The molecule has 0 aromatic heterocycles. The molecule has 1 unspecified atom stereocenters. The molecular weight excluding hydrogens is 290 g/mol. The molecule has 5 nitrogen and oxygen atoms in total. The second kappa shape index (κ2) is 6.64. The summed E-state index contributed by atoms with van der Waals surface area (Å²) in [5, 5.41) is 13.1. The van der Waals surface area contributed by atoms with Gasteiger partial charge in [0.25, 0.3) is 5.91 Å². The molecule has 1 aliphatic rings. The van der Waals surface area contributed by atoms with Crippen LogP contribution in [0.3, 0.4) is 0 Å². The second-order valence-electron chi connectivity index (χ2n) is 5.57. The van der Waals surface area contributed by atoms with Crippen molar-refractivity contribution in [3.8, 4) is 0 Å². The van der Waals surface area contributed by atoms with Crippen molar-refractivity contribution in [3.05, 3.63) is 22.7 Å². The molecule has 1 heterocycles. The zero-order chi connectivity index (χ0) is 15.6. The average molecular weight is 312 g/mol. The molecule has 2 N–H and O–H groups in total. The number of amides is 1. The summed E-state index contributed by atoms with van der Waals surface area (Å²) in [4.78, 5) is 15.9. The standard InChI is InChI=1S/C15H22ClN3O2/c1-4-5-19(7-6-18(2)3)13-9-12-10(8-11(13)16)14(20)15(21)17-12/h8-9,14,20H,4-7H2,1-3H3,(H,17,21). The summed E-state index contributed by atoms with van der Waals surface area (Å²) in [6.45, 7) is 4.79. The molecule has 2 rings (SSSR count). The number of hydrogen-bond acceptors (Lipinski definition) is 4. The highest BCUT2D eigenvalue weighted by Crippen LogP contribution is 2.38. The van der Waals surface area contributed by atoms with Gasteiger partial charge in [-0.05, 0) is 32.6 Å². The minimum atomic E-state index is -1.12. The van der Waals surface area contributed by atoms with E-state index in [4.69, 9.17) is 11.6 Å². The van der Waals surface area contributed by atoms with Crippen LogP contribution in [0, 0.1) is 0 Å². The van der Waals surface area contributed by atoms with Crippen LogP contribution in [0.25, 0.3) is 0 Å². The molecule has 0 saturated heterocycles. The largest absolute Gasteiger partial charge is 0.378 e. The first-order valence-electron chi connectivity index (χ1n) is 7.16. The van der Waals surface area contributed by atoms with Gasteiger partial charge in [-0.15, -0.1) is 0 Å². The van der Waals surface area contributed by atoms with Crippen LogP contribution in [0.5, 0.6) is 0 Å². The molecule has 1 aromatic carbocycles. The maximum atomic E-state index is 11.5. The van der Waals surface area contributed by atoms with Crippen LogP contribution in [0.4, 0.5) is 11.4 Å². The lowest BCUT2D eigenvalue weighted by Crippen LogP contribution is -2.32. The number of benzene rings is 1. The highest BCUT2D eigenvalue weighted by atomic mass is 35.5. The van der Waals surface area contributed by atoms with E-state index in [1.54, 1.807) is 6.07 Å². The van der Waals surface area contributed by atoms with Crippen LogP contribution in [-0.4, -0.2) is 49.6 Å². The Morgan fingerprint density at radius 2 is 2.00 bits per heavy atom. The normalized spacial score (nSPS) is 17.0. The van der Waals surface area contributed by atoms with Gasteiger partial charge in [0, 0.05) is 30.9 Å². The van der Waals surface area contributed by atoms with E-state index < -0.39 is 12.0 Å². The van der Waals surface area contributed by atoms with Crippen molar-refractivity contribution in [2.24, 2.45) is 0 Å². The molecule has 1 atom stereocenters. The number of likely N-dealkylation sites (N-methyl/N-ethyl adjacent to an activating group) is 1. The van der Waals surface area contributed by atoms with Gasteiger partial charge in [-0.2, -0.15) is 0 Å². The zero-order valence-electron chi connectivity index (χ0n) is 12.7. The van der Waals surface area contributed by atoms with Crippen molar-refractivity contribution in [2.45, 2.75) is 19.4 Å².